The number of thiazole rings is 1. The van der Waals surface area contributed by atoms with Gasteiger partial charge in [-0.3, -0.25) is 9.36 Å². The topological polar surface area (TPSA) is 88.4 Å². The fourth-order valence-electron chi connectivity index (χ4n) is 5.19. The molecule has 1 aromatic heterocycles. The average Bonchev–Trinajstić information content (AvgIpc) is 3.34. The van der Waals surface area contributed by atoms with Crippen LogP contribution in [0.25, 0.3) is 6.08 Å². The number of fused-ring (bicyclic) bond motifs is 1. The summed E-state index contributed by atoms with van der Waals surface area (Å²) in [6, 6.07) is 15.7. The number of carbonyl (C=O) groups is 1. The number of allylic oxidation sites excluding steroid dienone is 1. The first-order valence-corrected chi connectivity index (χ1v) is 17.3. The lowest BCUT2D eigenvalue weighted by Crippen LogP contribution is -2.40. The molecule has 1 aliphatic rings. The first-order chi connectivity index (χ1) is 22.2. The van der Waals surface area contributed by atoms with Crippen molar-refractivity contribution in [2.24, 2.45) is 4.99 Å². The van der Waals surface area contributed by atoms with Crippen LogP contribution in [-0.4, -0.2) is 31.4 Å². The molecule has 4 aromatic rings. The standard InChI is InChI=1S/C34H31Br2ClN2O6S/c1-5-9-26-29(33(41)44-6-2)30(22-17-21(42-3)12-13-27(22)43-4)39-32(40)28(46-34(39)38-26)16-19-14-23(35)31(24(36)15-19)45-18-20-10-7-8-11-25(20)37/h7-8,10-17,30H,5-6,9,18H2,1-4H3/b28-16-/t30-/m0/s1. The van der Waals surface area contributed by atoms with Gasteiger partial charge in [0, 0.05) is 16.1 Å². The summed E-state index contributed by atoms with van der Waals surface area (Å²) in [5.41, 5.74) is 2.78. The Morgan fingerprint density at radius 1 is 1.07 bits per heavy atom. The molecule has 0 bridgehead atoms. The number of hydrogen-bond acceptors (Lipinski definition) is 8. The van der Waals surface area contributed by atoms with E-state index in [1.165, 1.54) is 11.3 Å². The first kappa shape index (κ1) is 34.0. The molecule has 0 saturated heterocycles. The second-order valence-corrected chi connectivity index (χ2v) is 13.3. The Bertz CT molecular complexity index is 1980. The molecule has 0 radical (unpaired) electrons. The second-order valence-electron chi connectivity index (χ2n) is 10.2. The molecule has 12 heteroatoms. The van der Waals surface area contributed by atoms with E-state index < -0.39 is 12.0 Å². The average molecular weight is 791 g/mol. The zero-order chi connectivity index (χ0) is 33.0. The summed E-state index contributed by atoms with van der Waals surface area (Å²) < 4.78 is 26.2. The summed E-state index contributed by atoms with van der Waals surface area (Å²) >= 11 is 14.8. The minimum absolute atomic E-state index is 0.177. The molecule has 0 spiro atoms. The molecule has 1 aliphatic heterocycles. The molecule has 0 N–H and O–H groups in total. The lowest BCUT2D eigenvalue weighted by atomic mass is 9.93. The van der Waals surface area contributed by atoms with E-state index >= 15 is 0 Å². The van der Waals surface area contributed by atoms with Gasteiger partial charge in [0.2, 0.25) is 0 Å². The zero-order valence-corrected chi connectivity index (χ0v) is 30.3. The largest absolute Gasteiger partial charge is 0.497 e. The minimum atomic E-state index is -0.844. The van der Waals surface area contributed by atoms with Crippen molar-refractivity contribution in [1.82, 2.24) is 4.57 Å². The van der Waals surface area contributed by atoms with Crippen molar-refractivity contribution in [3.05, 3.63) is 116 Å². The van der Waals surface area contributed by atoms with Gasteiger partial charge in [0.1, 0.15) is 29.9 Å². The summed E-state index contributed by atoms with van der Waals surface area (Å²) in [7, 11) is 3.11. The molecular weight excluding hydrogens is 760 g/mol. The van der Waals surface area contributed by atoms with Crippen molar-refractivity contribution < 1.29 is 23.7 Å². The summed E-state index contributed by atoms with van der Waals surface area (Å²) in [4.78, 5) is 33.1. The third kappa shape index (κ3) is 6.97. The molecule has 0 aliphatic carbocycles. The van der Waals surface area contributed by atoms with Crippen LogP contribution in [0.2, 0.25) is 5.02 Å². The molecule has 0 unspecified atom stereocenters. The highest BCUT2D eigenvalue weighted by Gasteiger charge is 2.36. The zero-order valence-electron chi connectivity index (χ0n) is 25.6. The number of halogens is 3. The normalized spacial score (nSPS) is 14.5. The molecule has 8 nitrogen and oxygen atoms in total. The van der Waals surface area contributed by atoms with Crippen molar-refractivity contribution in [3.63, 3.8) is 0 Å². The van der Waals surface area contributed by atoms with E-state index in [0.717, 1.165) is 17.5 Å². The van der Waals surface area contributed by atoms with E-state index in [4.69, 9.17) is 35.5 Å². The number of hydrogen-bond donors (Lipinski definition) is 0. The van der Waals surface area contributed by atoms with Gasteiger partial charge < -0.3 is 18.9 Å². The molecule has 0 saturated carbocycles. The van der Waals surface area contributed by atoms with Crippen LogP contribution in [0.4, 0.5) is 0 Å². The van der Waals surface area contributed by atoms with Crippen molar-refractivity contribution in [2.75, 3.05) is 20.8 Å². The van der Waals surface area contributed by atoms with E-state index in [9.17, 15) is 9.59 Å². The Hall–Kier alpha value is -3.38. The van der Waals surface area contributed by atoms with E-state index in [0.29, 0.717) is 63.8 Å². The summed E-state index contributed by atoms with van der Waals surface area (Å²) in [6.07, 6.45) is 3.06. The van der Waals surface area contributed by atoms with Gasteiger partial charge in [-0.25, -0.2) is 9.79 Å². The minimum Gasteiger partial charge on any atom is -0.497 e. The van der Waals surface area contributed by atoms with Crippen molar-refractivity contribution in [1.29, 1.82) is 0 Å². The molecule has 0 amide bonds. The second kappa shape index (κ2) is 15.0. The molecular formula is C34H31Br2ClN2O6S. The Labute approximate surface area is 292 Å². The van der Waals surface area contributed by atoms with E-state index in [1.54, 1.807) is 50.0 Å². The Morgan fingerprint density at radius 3 is 2.46 bits per heavy atom. The van der Waals surface area contributed by atoms with Gasteiger partial charge in [0.15, 0.2) is 4.80 Å². The van der Waals surface area contributed by atoms with Crippen LogP contribution in [-0.2, 0) is 16.1 Å². The molecule has 1 atom stereocenters. The third-order valence-corrected chi connectivity index (χ3v) is 9.80. The maximum Gasteiger partial charge on any atom is 0.338 e. The maximum absolute atomic E-state index is 14.2. The molecule has 46 heavy (non-hydrogen) atoms. The molecule has 3 aromatic carbocycles. The quantitative estimate of drug-likeness (QED) is 0.148. The lowest BCUT2D eigenvalue weighted by Gasteiger charge is -2.27. The van der Waals surface area contributed by atoms with Gasteiger partial charge in [-0.1, -0.05) is 54.5 Å². The number of benzene rings is 3. The molecule has 2 heterocycles. The molecule has 5 rings (SSSR count). The molecule has 0 fully saturated rings. The van der Waals surface area contributed by atoms with Crippen LogP contribution in [0.5, 0.6) is 17.2 Å². The fourth-order valence-corrected chi connectivity index (χ4v) is 7.85. The van der Waals surface area contributed by atoms with Crippen LogP contribution in [0.3, 0.4) is 0 Å². The van der Waals surface area contributed by atoms with E-state index in [-0.39, 0.29) is 18.8 Å². The van der Waals surface area contributed by atoms with Crippen molar-refractivity contribution >= 4 is 66.8 Å². The van der Waals surface area contributed by atoms with Crippen molar-refractivity contribution in [3.8, 4) is 17.2 Å². The third-order valence-electron chi connectivity index (χ3n) is 7.27. The highest BCUT2D eigenvalue weighted by Crippen LogP contribution is 2.39. The van der Waals surface area contributed by atoms with E-state index in [2.05, 4.69) is 31.9 Å². The smallest absolute Gasteiger partial charge is 0.338 e. The van der Waals surface area contributed by atoms with Gasteiger partial charge in [0.25, 0.3) is 5.56 Å². The number of esters is 1. The Balaban J connectivity index is 1.64. The molecule has 240 valence electrons. The summed E-state index contributed by atoms with van der Waals surface area (Å²) in [5, 5.41) is 0.625. The van der Waals surface area contributed by atoms with Crippen LogP contribution in [0.1, 0.15) is 49.4 Å². The number of methoxy groups -OCH3 is 2. The van der Waals surface area contributed by atoms with Crippen LogP contribution in [0.15, 0.2) is 84.6 Å². The SMILES string of the molecule is CCCC1=C(C(=O)OCC)[C@H](c2cc(OC)ccc2OC)n2c(s/c(=C\c3cc(Br)c(OCc4ccccc4Cl)c(Br)c3)c2=O)=N1. The number of rotatable bonds is 11. The Kier molecular flexibility index (Phi) is 11.1. The van der Waals surface area contributed by atoms with Crippen LogP contribution in [0, 0.1) is 0 Å². The fraction of sp³-hybridized carbons (Fsp3) is 0.265. The maximum atomic E-state index is 14.2. The number of nitrogens with zero attached hydrogens (tertiary/aromatic N) is 2. The first-order valence-electron chi connectivity index (χ1n) is 14.5. The number of aromatic nitrogens is 1. The monoisotopic (exact) mass is 788 g/mol. The highest BCUT2D eigenvalue weighted by molar-refractivity contribution is 9.11. The van der Waals surface area contributed by atoms with Crippen molar-refractivity contribution in [2.45, 2.75) is 39.3 Å². The number of ether oxygens (including phenoxy) is 4. The number of carbonyl (C=O) groups excluding carboxylic acids is 1. The predicted molar refractivity (Wildman–Crippen MR) is 187 cm³/mol. The van der Waals surface area contributed by atoms with E-state index in [1.807, 2.05) is 43.3 Å². The van der Waals surface area contributed by atoms with Crippen LogP contribution < -0.4 is 29.1 Å². The van der Waals surface area contributed by atoms with Gasteiger partial charge in [-0.15, -0.1) is 0 Å². The predicted octanol–water partition coefficient (Wildman–Crippen LogP) is 7.35. The van der Waals surface area contributed by atoms with Gasteiger partial charge in [-0.05, 0) is 93.2 Å². The summed E-state index contributed by atoms with van der Waals surface area (Å²) in [5.74, 6) is 1.13. The summed E-state index contributed by atoms with van der Waals surface area (Å²) in [6.45, 7) is 4.22. The lowest BCUT2D eigenvalue weighted by molar-refractivity contribution is -0.139. The Morgan fingerprint density at radius 2 is 1.80 bits per heavy atom. The highest BCUT2D eigenvalue weighted by atomic mass is 79.9. The van der Waals surface area contributed by atoms with Gasteiger partial charge in [-0.2, -0.15) is 0 Å². The van der Waals surface area contributed by atoms with Gasteiger partial charge >= 0.3 is 5.97 Å². The van der Waals surface area contributed by atoms with Gasteiger partial charge in [0.05, 0.1) is 45.6 Å². The van der Waals surface area contributed by atoms with Crippen LogP contribution >= 0.6 is 54.8 Å².